The van der Waals surface area contributed by atoms with E-state index in [1.807, 2.05) is 37.3 Å². The lowest BCUT2D eigenvalue weighted by Crippen LogP contribution is -2.50. The summed E-state index contributed by atoms with van der Waals surface area (Å²) < 4.78 is 5.84. The first-order chi connectivity index (χ1) is 15.2. The number of carbonyl (C=O) groups is 1. The average molecular weight is 472 g/mol. The summed E-state index contributed by atoms with van der Waals surface area (Å²) in [5.41, 5.74) is 0.999. The second-order valence-corrected chi connectivity index (χ2v) is 9.02. The molecule has 168 valence electrons. The number of hydrogen-bond donors (Lipinski definition) is 1. The van der Waals surface area contributed by atoms with E-state index in [4.69, 9.17) is 27.9 Å². The van der Waals surface area contributed by atoms with E-state index >= 15 is 0 Å². The second-order valence-electron chi connectivity index (χ2n) is 8.20. The lowest BCUT2D eigenvalue weighted by molar-refractivity contribution is -0.135. The van der Waals surface area contributed by atoms with E-state index in [1.54, 1.807) is 38.2 Å². The molecule has 0 saturated heterocycles. The number of benzene rings is 1. The van der Waals surface area contributed by atoms with Crippen molar-refractivity contribution >= 4 is 29.1 Å². The number of carbonyl (C=O) groups excluding carboxylic acids is 1. The van der Waals surface area contributed by atoms with Gasteiger partial charge in [0.25, 0.3) is 5.91 Å². The Labute approximate surface area is 199 Å². The highest BCUT2D eigenvalue weighted by Gasteiger charge is 2.33. The molecular weight excluding hydrogens is 445 g/mol. The van der Waals surface area contributed by atoms with Crippen LogP contribution in [-0.2, 0) is 11.2 Å². The minimum Gasteiger partial charge on any atom is -0.461 e. The number of aryl methyl sites for hydroxylation is 1. The number of pyridine rings is 2. The van der Waals surface area contributed by atoms with Gasteiger partial charge < -0.3 is 10.1 Å². The third kappa shape index (κ3) is 6.68. The van der Waals surface area contributed by atoms with Crippen LogP contribution in [0, 0.1) is 0 Å². The number of nitrogens with zero attached hydrogens (tertiary/aromatic N) is 2. The number of rotatable bonds is 9. The van der Waals surface area contributed by atoms with Crippen molar-refractivity contribution in [2.24, 2.45) is 0 Å². The van der Waals surface area contributed by atoms with Crippen molar-refractivity contribution in [2.45, 2.75) is 51.2 Å². The lowest BCUT2D eigenvalue weighted by Gasteiger charge is -2.30. The van der Waals surface area contributed by atoms with Gasteiger partial charge in [-0.15, -0.1) is 0 Å². The maximum absolute atomic E-state index is 13.1. The van der Waals surface area contributed by atoms with Crippen molar-refractivity contribution in [3.63, 3.8) is 0 Å². The maximum Gasteiger partial charge on any atom is 0.263 e. The molecule has 0 bridgehead atoms. The van der Waals surface area contributed by atoms with Crippen molar-refractivity contribution in [2.75, 3.05) is 0 Å². The summed E-state index contributed by atoms with van der Waals surface area (Å²) in [6.45, 7) is 5.44. The molecule has 32 heavy (non-hydrogen) atoms. The maximum atomic E-state index is 13.1. The molecule has 1 amide bonds. The molecule has 0 saturated carbocycles. The number of aromatic nitrogens is 2. The van der Waals surface area contributed by atoms with Crippen LogP contribution in [0.15, 0.2) is 66.9 Å². The van der Waals surface area contributed by atoms with Crippen molar-refractivity contribution in [3.8, 4) is 5.88 Å². The van der Waals surface area contributed by atoms with Gasteiger partial charge in [0.2, 0.25) is 5.88 Å². The van der Waals surface area contributed by atoms with E-state index in [1.165, 1.54) is 0 Å². The van der Waals surface area contributed by atoms with Crippen LogP contribution in [0.2, 0.25) is 10.2 Å². The zero-order valence-electron chi connectivity index (χ0n) is 18.4. The highest BCUT2D eigenvalue weighted by molar-refractivity contribution is 6.30. The van der Waals surface area contributed by atoms with Crippen molar-refractivity contribution in [1.82, 2.24) is 15.3 Å². The summed E-state index contributed by atoms with van der Waals surface area (Å²) in [4.78, 5) is 21.6. The van der Waals surface area contributed by atoms with Crippen molar-refractivity contribution < 1.29 is 9.53 Å². The largest absolute Gasteiger partial charge is 0.461 e. The Kier molecular flexibility index (Phi) is 8.10. The van der Waals surface area contributed by atoms with Gasteiger partial charge in [-0.05, 0) is 57.4 Å². The molecule has 0 spiro atoms. The molecule has 0 unspecified atom stereocenters. The van der Waals surface area contributed by atoms with E-state index in [-0.39, 0.29) is 17.9 Å². The Morgan fingerprint density at radius 1 is 1.06 bits per heavy atom. The summed E-state index contributed by atoms with van der Waals surface area (Å²) in [5, 5.41) is 4.06. The van der Waals surface area contributed by atoms with Gasteiger partial charge in [-0.3, -0.25) is 9.78 Å². The molecule has 2 aromatic heterocycles. The van der Waals surface area contributed by atoms with Gasteiger partial charge in [-0.1, -0.05) is 59.6 Å². The first-order valence-electron chi connectivity index (χ1n) is 10.5. The van der Waals surface area contributed by atoms with E-state index in [0.29, 0.717) is 16.1 Å². The third-order valence-corrected chi connectivity index (χ3v) is 5.72. The van der Waals surface area contributed by atoms with Gasteiger partial charge in [0.15, 0.2) is 5.60 Å². The monoisotopic (exact) mass is 471 g/mol. The standard InChI is InChI=1S/C25H27Cl2N3O2/c1-17(29-24(31)25(2,3)32-23-11-7-10-22(27)30-23)21(18-8-5-4-6-9-18)15-14-20-13-12-19(26)16-28-20/h4-13,16-17,21H,14-15H2,1-3H3,(H,29,31)/t17-,21+/m0/s1. The summed E-state index contributed by atoms with van der Waals surface area (Å²) >= 11 is 11.9. The average Bonchev–Trinajstić information content (AvgIpc) is 2.75. The zero-order valence-corrected chi connectivity index (χ0v) is 19.9. The van der Waals surface area contributed by atoms with Gasteiger partial charge in [0.05, 0.1) is 5.02 Å². The highest BCUT2D eigenvalue weighted by atomic mass is 35.5. The molecule has 0 aliphatic heterocycles. The molecule has 5 nitrogen and oxygen atoms in total. The molecule has 1 aromatic carbocycles. The fraction of sp³-hybridized carbons (Fsp3) is 0.320. The fourth-order valence-corrected chi connectivity index (χ4v) is 3.77. The molecule has 7 heteroatoms. The molecule has 3 rings (SSSR count). The Hall–Kier alpha value is -2.63. The molecule has 2 atom stereocenters. The van der Waals surface area contributed by atoms with Crippen LogP contribution >= 0.6 is 23.2 Å². The van der Waals surface area contributed by atoms with Crippen LogP contribution in [0.1, 0.15) is 44.4 Å². The molecule has 0 aliphatic rings. The quantitative estimate of drug-likeness (QED) is 0.396. The second kappa shape index (κ2) is 10.8. The predicted octanol–water partition coefficient (Wildman–Crippen LogP) is 5.86. The number of halogens is 2. The molecule has 0 fully saturated rings. The Morgan fingerprint density at radius 3 is 2.47 bits per heavy atom. The summed E-state index contributed by atoms with van der Waals surface area (Å²) in [6, 6.07) is 18.9. The first-order valence-corrected chi connectivity index (χ1v) is 11.3. The lowest BCUT2D eigenvalue weighted by atomic mass is 9.87. The van der Waals surface area contributed by atoms with E-state index in [2.05, 4.69) is 27.4 Å². The number of hydrogen-bond acceptors (Lipinski definition) is 4. The predicted molar refractivity (Wildman–Crippen MR) is 128 cm³/mol. The van der Waals surface area contributed by atoms with Crippen molar-refractivity contribution in [1.29, 1.82) is 0 Å². The molecule has 1 N–H and O–H groups in total. The zero-order chi connectivity index (χ0) is 23.1. The fourth-order valence-electron chi connectivity index (χ4n) is 3.50. The molecule has 2 heterocycles. The Balaban J connectivity index is 1.71. The van der Waals surface area contributed by atoms with E-state index < -0.39 is 5.60 Å². The Bertz CT molecular complexity index is 1030. The molecule has 3 aromatic rings. The number of amides is 1. The van der Waals surface area contributed by atoms with Crippen molar-refractivity contribution in [3.05, 3.63) is 88.3 Å². The van der Waals surface area contributed by atoms with Gasteiger partial charge in [-0.25, -0.2) is 4.98 Å². The SMILES string of the molecule is C[C@H](NC(=O)C(C)(C)Oc1cccc(Cl)n1)[C@@H](CCc1ccc(Cl)cn1)c1ccccc1. The van der Waals surface area contributed by atoms with Crippen LogP contribution < -0.4 is 10.1 Å². The van der Waals surface area contributed by atoms with E-state index in [9.17, 15) is 4.79 Å². The van der Waals surface area contributed by atoms with Crippen LogP contribution in [0.5, 0.6) is 5.88 Å². The van der Waals surface area contributed by atoms with Crippen LogP contribution in [0.25, 0.3) is 0 Å². The van der Waals surface area contributed by atoms with Crippen LogP contribution in [0.4, 0.5) is 0 Å². The van der Waals surface area contributed by atoms with Gasteiger partial charge in [0.1, 0.15) is 5.15 Å². The van der Waals surface area contributed by atoms with Crippen LogP contribution in [-0.4, -0.2) is 27.5 Å². The van der Waals surface area contributed by atoms with Gasteiger partial charge in [0, 0.05) is 29.9 Å². The normalized spacial score (nSPS) is 13.3. The van der Waals surface area contributed by atoms with E-state index in [0.717, 1.165) is 24.1 Å². The van der Waals surface area contributed by atoms with Gasteiger partial charge >= 0.3 is 0 Å². The molecular formula is C25H27Cl2N3O2. The minimum absolute atomic E-state index is 0.0951. The molecule has 0 radical (unpaired) electrons. The highest BCUT2D eigenvalue weighted by Crippen LogP contribution is 2.26. The minimum atomic E-state index is -1.12. The summed E-state index contributed by atoms with van der Waals surface area (Å²) in [6.07, 6.45) is 3.24. The molecule has 0 aliphatic carbocycles. The van der Waals surface area contributed by atoms with Gasteiger partial charge in [-0.2, -0.15) is 0 Å². The smallest absolute Gasteiger partial charge is 0.263 e. The third-order valence-electron chi connectivity index (χ3n) is 5.29. The first kappa shape index (κ1) is 24.0. The topological polar surface area (TPSA) is 64.1 Å². The number of nitrogens with one attached hydrogen (secondary N) is 1. The summed E-state index contributed by atoms with van der Waals surface area (Å²) in [5.74, 6) is 0.175. The van der Waals surface area contributed by atoms with Crippen LogP contribution in [0.3, 0.4) is 0 Å². The number of ether oxygens (including phenoxy) is 1. The summed E-state index contributed by atoms with van der Waals surface area (Å²) in [7, 11) is 0. The Morgan fingerprint density at radius 2 is 1.81 bits per heavy atom.